The molecule has 1 heterocycles. The zero-order chi connectivity index (χ0) is 13.0. The first-order chi connectivity index (χ1) is 8.70. The number of ketones is 1. The number of hydrogen-bond donors (Lipinski definition) is 0. The first kappa shape index (κ1) is 12.5. The third-order valence-corrected chi connectivity index (χ3v) is 3.79. The smallest absolute Gasteiger partial charge is 0.175 e. The number of benzene rings is 1. The Morgan fingerprint density at radius 1 is 1.39 bits per heavy atom. The molecule has 0 fully saturated rings. The lowest BCUT2D eigenvalue weighted by atomic mass is 10.1. The summed E-state index contributed by atoms with van der Waals surface area (Å²) in [6.07, 6.45) is 6.53. The molecule has 0 unspecified atom stereocenters. The Morgan fingerprint density at radius 2 is 2.11 bits per heavy atom. The van der Waals surface area contributed by atoms with Gasteiger partial charge in [-0.3, -0.25) is 4.79 Å². The second kappa shape index (κ2) is 5.61. The fourth-order valence-electron chi connectivity index (χ4n) is 1.73. The molecule has 0 aliphatic heterocycles. The maximum atomic E-state index is 12.1. The van der Waals surface area contributed by atoms with Crippen molar-refractivity contribution >= 4 is 17.1 Å². The highest BCUT2D eigenvalue weighted by Gasteiger charge is 2.14. The molecule has 0 spiro atoms. The Bertz CT molecular complexity index is 593. The summed E-state index contributed by atoms with van der Waals surface area (Å²) in [5, 5.41) is 0.579. The number of Topliss-reactive ketones (excluding diaryl/α,β-unsaturated/α-hetero) is 1. The second-order valence-corrected chi connectivity index (χ2v) is 4.99. The van der Waals surface area contributed by atoms with Crippen LogP contribution < -0.4 is 0 Å². The Kier molecular flexibility index (Phi) is 3.91. The third kappa shape index (κ3) is 2.85. The van der Waals surface area contributed by atoms with Crippen LogP contribution in [0.2, 0.25) is 0 Å². The van der Waals surface area contributed by atoms with Gasteiger partial charge in [-0.2, -0.15) is 0 Å². The lowest BCUT2D eigenvalue weighted by Crippen LogP contribution is -2.00. The largest absolute Gasteiger partial charge is 0.293 e. The predicted molar refractivity (Wildman–Crippen MR) is 73.9 cm³/mol. The van der Waals surface area contributed by atoms with Crippen molar-refractivity contribution in [2.75, 3.05) is 0 Å². The number of carbonyl (C=O) groups is 1. The van der Waals surface area contributed by atoms with Gasteiger partial charge in [-0.15, -0.1) is 17.8 Å². The van der Waals surface area contributed by atoms with Crippen molar-refractivity contribution in [3.63, 3.8) is 0 Å². The lowest BCUT2D eigenvalue weighted by molar-refractivity contribution is 0.0986. The lowest BCUT2D eigenvalue weighted by Gasteiger charge is -2.00. The van der Waals surface area contributed by atoms with Crippen LogP contribution in [0.1, 0.15) is 32.4 Å². The summed E-state index contributed by atoms with van der Waals surface area (Å²) in [6, 6.07) is 9.99. The van der Waals surface area contributed by atoms with Gasteiger partial charge in [0.15, 0.2) is 10.8 Å². The van der Waals surface area contributed by atoms with E-state index in [0.717, 1.165) is 12.1 Å². The number of rotatable bonds is 4. The molecule has 3 heteroatoms. The van der Waals surface area contributed by atoms with E-state index in [4.69, 9.17) is 6.42 Å². The van der Waals surface area contributed by atoms with Gasteiger partial charge in [0, 0.05) is 6.42 Å². The van der Waals surface area contributed by atoms with Crippen LogP contribution in [-0.2, 0) is 6.42 Å². The molecule has 0 aliphatic carbocycles. The van der Waals surface area contributed by atoms with E-state index in [2.05, 4.69) is 10.9 Å². The van der Waals surface area contributed by atoms with Crippen molar-refractivity contribution in [2.24, 2.45) is 0 Å². The highest BCUT2D eigenvalue weighted by Crippen LogP contribution is 2.19. The van der Waals surface area contributed by atoms with E-state index in [1.54, 1.807) is 0 Å². The average Bonchev–Trinajstić information content (AvgIpc) is 2.78. The predicted octanol–water partition coefficient (Wildman–Crippen LogP) is 3.25. The van der Waals surface area contributed by atoms with Crippen molar-refractivity contribution < 1.29 is 4.79 Å². The number of thiazole rings is 1. The zero-order valence-electron chi connectivity index (χ0n) is 10.1. The molecular formula is C15H13NOS. The van der Waals surface area contributed by atoms with E-state index >= 15 is 0 Å². The Morgan fingerprint density at radius 3 is 2.72 bits per heavy atom. The molecular weight excluding hydrogens is 242 g/mol. The summed E-state index contributed by atoms with van der Waals surface area (Å²) < 4.78 is 0. The van der Waals surface area contributed by atoms with E-state index in [1.165, 1.54) is 16.9 Å². The molecule has 0 N–H and O–H groups in total. The Labute approximate surface area is 111 Å². The fraction of sp³-hybridized carbons (Fsp3) is 0.200. The highest BCUT2D eigenvalue weighted by atomic mass is 32.1. The maximum absolute atomic E-state index is 12.1. The van der Waals surface area contributed by atoms with Gasteiger partial charge in [0.25, 0.3) is 0 Å². The van der Waals surface area contributed by atoms with Gasteiger partial charge in [0.1, 0.15) is 0 Å². The number of carbonyl (C=O) groups excluding carboxylic acids is 1. The normalized spacial score (nSPS) is 10.0. The molecule has 1 aromatic carbocycles. The summed E-state index contributed by atoms with van der Waals surface area (Å²) in [4.78, 5) is 16.9. The summed E-state index contributed by atoms with van der Waals surface area (Å²) >= 11 is 1.31. The zero-order valence-corrected chi connectivity index (χ0v) is 11.0. The Hall–Kier alpha value is -1.92. The summed E-state index contributed by atoms with van der Waals surface area (Å²) in [5.74, 6) is 2.59. The molecule has 18 heavy (non-hydrogen) atoms. The highest BCUT2D eigenvalue weighted by molar-refractivity contribution is 7.14. The van der Waals surface area contributed by atoms with Gasteiger partial charge in [-0.05, 0) is 24.8 Å². The first-order valence-corrected chi connectivity index (χ1v) is 6.53. The molecule has 1 aromatic heterocycles. The van der Waals surface area contributed by atoms with Crippen molar-refractivity contribution in [3.8, 4) is 12.3 Å². The van der Waals surface area contributed by atoms with Crippen LogP contribution in [0.15, 0.2) is 30.3 Å². The third-order valence-electron chi connectivity index (χ3n) is 2.66. The maximum Gasteiger partial charge on any atom is 0.175 e. The SMILES string of the molecule is C#Cc1nc(C)c(C(=O)CCc2ccccc2)s1. The van der Waals surface area contributed by atoms with E-state index in [0.29, 0.717) is 16.3 Å². The first-order valence-electron chi connectivity index (χ1n) is 5.72. The number of aryl methyl sites for hydroxylation is 2. The van der Waals surface area contributed by atoms with Crippen molar-refractivity contribution in [2.45, 2.75) is 19.8 Å². The van der Waals surface area contributed by atoms with Crippen LogP contribution >= 0.6 is 11.3 Å². The van der Waals surface area contributed by atoms with Gasteiger partial charge >= 0.3 is 0 Å². The minimum absolute atomic E-state index is 0.121. The standard InChI is InChI=1S/C15H13NOS/c1-3-14-16-11(2)15(18-14)13(17)10-9-12-7-5-4-6-8-12/h1,4-8H,9-10H2,2H3. The van der Waals surface area contributed by atoms with E-state index in [-0.39, 0.29) is 5.78 Å². The van der Waals surface area contributed by atoms with Gasteiger partial charge in [0.05, 0.1) is 10.6 Å². The molecule has 2 aromatic rings. The quantitative estimate of drug-likeness (QED) is 0.620. The topological polar surface area (TPSA) is 30.0 Å². The van der Waals surface area contributed by atoms with Gasteiger partial charge in [-0.1, -0.05) is 30.3 Å². The van der Waals surface area contributed by atoms with Crippen LogP contribution in [0, 0.1) is 19.3 Å². The fourth-order valence-corrected chi connectivity index (χ4v) is 2.58. The van der Waals surface area contributed by atoms with E-state index in [1.807, 2.05) is 37.3 Å². The van der Waals surface area contributed by atoms with Crippen molar-refractivity contribution in [1.29, 1.82) is 0 Å². The number of terminal acetylenes is 1. The van der Waals surface area contributed by atoms with Crippen molar-refractivity contribution in [3.05, 3.63) is 51.5 Å². The summed E-state index contributed by atoms with van der Waals surface area (Å²) in [5.41, 5.74) is 1.91. The molecule has 0 radical (unpaired) electrons. The molecule has 2 nitrogen and oxygen atoms in total. The number of aromatic nitrogens is 1. The second-order valence-electron chi connectivity index (χ2n) is 3.99. The molecule has 0 saturated carbocycles. The van der Waals surface area contributed by atoms with Crippen LogP contribution in [0.5, 0.6) is 0 Å². The minimum atomic E-state index is 0.121. The summed E-state index contributed by atoms with van der Waals surface area (Å²) in [7, 11) is 0. The van der Waals surface area contributed by atoms with Crippen LogP contribution in [0.25, 0.3) is 0 Å². The van der Waals surface area contributed by atoms with Crippen molar-refractivity contribution in [1.82, 2.24) is 4.98 Å². The average molecular weight is 255 g/mol. The number of nitrogens with zero attached hydrogens (tertiary/aromatic N) is 1. The monoisotopic (exact) mass is 255 g/mol. The molecule has 0 atom stereocenters. The van der Waals surface area contributed by atoms with Crippen LogP contribution in [0.4, 0.5) is 0 Å². The minimum Gasteiger partial charge on any atom is -0.293 e. The van der Waals surface area contributed by atoms with Gasteiger partial charge < -0.3 is 0 Å². The molecule has 90 valence electrons. The molecule has 2 rings (SSSR count). The van der Waals surface area contributed by atoms with Crippen LogP contribution in [0.3, 0.4) is 0 Å². The van der Waals surface area contributed by atoms with Gasteiger partial charge in [-0.25, -0.2) is 4.98 Å². The summed E-state index contributed by atoms with van der Waals surface area (Å²) in [6.45, 7) is 1.83. The van der Waals surface area contributed by atoms with Gasteiger partial charge in [0.2, 0.25) is 0 Å². The van der Waals surface area contributed by atoms with E-state index in [9.17, 15) is 4.79 Å². The van der Waals surface area contributed by atoms with E-state index < -0.39 is 0 Å². The van der Waals surface area contributed by atoms with Crippen LogP contribution in [-0.4, -0.2) is 10.8 Å². The molecule has 0 saturated heterocycles. The molecule has 0 amide bonds. The molecule has 0 aliphatic rings. The number of hydrogen-bond acceptors (Lipinski definition) is 3. The Balaban J connectivity index is 2.04. The molecule has 0 bridgehead atoms.